The van der Waals surface area contributed by atoms with E-state index in [1.165, 1.54) is 30.5 Å². The molecule has 172 valence electrons. The van der Waals surface area contributed by atoms with Crippen LogP contribution in [0.5, 0.6) is 5.88 Å². The number of benzene rings is 1. The number of rotatable bonds is 7. The number of hydrogen-bond acceptors (Lipinski definition) is 8. The van der Waals surface area contributed by atoms with Crippen LogP contribution in [0.15, 0.2) is 53.6 Å². The first-order chi connectivity index (χ1) is 15.8. The van der Waals surface area contributed by atoms with Crippen LogP contribution < -0.4 is 14.8 Å². The summed E-state index contributed by atoms with van der Waals surface area (Å²) < 4.78 is 38.7. The summed E-state index contributed by atoms with van der Waals surface area (Å²) in [5.74, 6) is 0.710. The zero-order valence-corrected chi connectivity index (χ0v) is 18.9. The van der Waals surface area contributed by atoms with Gasteiger partial charge >= 0.3 is 0 Å². The highest BCUT2D eigenvalue weighted by Gasteiger charge is 2.18. The Kier molecular flexibility index (Phi) is 6.52. The minimum absolute atomic E-state index is 0.0242. The van der Waals surface area contributed by atoms with Crippen molar-refractivity contribution in [2.24, 2.45) is 0 Å². The van der Waals surface area contributed by atoms with Crippen molar-refractivity contribution in [1.29, 1.82) is 0 Å². The second-order valence-corrected chi connectivity index (χ2v) is 9.20. The number of amides is 1. The molecule has 2 N–H and O–H groups in total. The molecule has 1 aromatic carbocycles. The third-order valence-electron chi connectivity index (χ3n) is 4.80. The van der Waals surface area contributed by atoms with Crippen molar-refractivity contribution >= 4 is 27.4 Å². The lowest BCUT2D eigenvalue weighted by Crippen LogP contribution is -2.17. The number of hydrogen-bond donors (Lipinski definition) is 2. The molecule has 0 saturated carbocycles. The highest BCUT2D eigenvalue weighted by atomic mass is 32.2. The average Bonchev–Trinajstić information content (AvgIpc) is 3.26. The van der Waals surface area contributed by atoms with E-state index in [1.54, 1.807) is 32.0 Å². The predicted molar refractivity (Wildman–Crippen MR) is 121 cm³/mol. The van der Waals surface area contributed by atoms with E-state index in [2.05, 4.69) is 25.0 Å². The van der Waals surface area contributed by atoms with Gasteiger partial charge in [0.1, 0.15) is 17.7 Å². The van der Waals surface area contributed by atoms with Gasteiger partial charge in [0.25, 0.3) is 15.9 Å². The van der Waals surface area contributed by atoms with Crippen molar-refractivity contribution in [1.82, 2.24) is 15.0 Å². The molecule has 0 spiro atoms. The number of sulfonamides is 1. The van der Waals surface area contributed by atoms with Gasteiger partial charge in [-0.15, -0.1) is 0 Å². The Balaban J connectivity index is 1.38. The Bertz CT molecular complexity index is 1220. The van der Waals surface area contributed by atoms with Gasteiger partial charge < -0.3 is 14.8 Å². The van der Waals surface area contributed by atoms with Gasteiger partial charge in [-0.2, -0.15) is 0 Å². The van der Waals surface area contributed by atoms with Gasteiger partial charge in [-0.3, -0.25) is 9.52 Å². The zero-order valence-electron chi connectivity index (χ0n) is 18.1. The van der Waals surface area contributed by atoms with Gasteiger partial charge in [-0.25, -0.2) is 23.4 Å². The molecule has 2 aromatic heterocycles. The number of aryl methyl sites for hydroxylation is 2. The summed E-state index contributed by atoms with van der Waals surface area (Å²) in [7, 11) is -3.84. The molecular formula is C22H23N5O5S. The minimum Gasteiger partial charge on any atom is -0.472 e. The fourth-order valence-corrected chi connectivity index (χ4v) is 4.24. The van der Waals surface area contributed by atoms with Crippen molar-refractivity contribution in [3.05, 3.63) is 65.7 Å². The summed E-state index contributed by atoms with van der Waals surface area (Å²) in [5, 5.41) is 2.72. The van der Waals surface area contributed by atoms with E-state index < -0.39 is 10.0 Å². The van der Waals surface area contributed by atoms with Crippen molar-refractivity contribution in [3.63, 3.8) is 0 Å². The van der Waals surface area contributed by atoms with Crippen molar-refractivity contribution in [2.75, 3.05) is 23.3 Å². The van der Waals surface area contributed by atoms with Crippen LogP contribution in [-0.4, -0.2) is 48.6 Å². The number of carbonyl (C=O) groups is 1. The molecule has 3 heterocycles. The smallest absolute Gasteiger partial charge is 0.263 e. The molecule has 0 radical (unpaired) electrons. The molecule has 1 fully saturated rings. The van der Waals surface area contributed by atoms with Gasteiger partial charge in [-0.1, -0.05) is 0 Å². The van der Waals surface area contributed by atoms with E-state index in [1.807, 2.05) is 0 Å². The lowest BCUT2D eigenvalue weighted by atomic mass is 10.2. The van der Waals surface area contributed by atoms with E-state index in [0.29, 0.717) is 41.9 Å². The Morgan fingerprint density at radius 2 is 1.91 bits per heavy atom. The first-order valence-corrected chi connectivity index (χ1v) is 11.7. The molecule has 1 atom stereocenters. The third-order valence-corrected chi connectivity index (χ3v) is 6.17. The van der Waals surface area contributed by atoms with Gasteiger partial charge in [0.2, 0.25) is 5.88 Å². The molecule has 1 saturated heterocycles. The summed E-state index contributed by atoms with van der Waals surface area (Å²) >= 11 is 0. The number of nitrogens with zero attached hydrogens (tertiary/aromatic N) is 3. The third kappa shape index (κ3) is 5.82. The Labute approximate surface area is 191 Å². The topological polar surface area (TPSA) is 132 Å². The second-order valence-electron chi connectivity index (χ2n) is 7.51. The fraction of sp³-hybridized carbons (Fsp3) is 0.273. The van der Waals surface area contributed by atoms with Gasteiger partial charge in [0.05, 0.1) is 23.7 Å². The Hall–Kier alpha value is -3.57. The van der Waals surface area contributed by atoms with E-state index in [4.69, 9.17) is 9.47 Å². The number of aromatic nitrogens is 3. The molecule has 3 aromatic rings. The minimum atomic E-state index is -3.84. The molecule has 1 aliphatic rings. The number of ether oxygens (including phenoxy) is 2. The SMILES string of the molecule is Cc1cc(NS(=O)(=O)c2ccc(NC(=O)c3ccc(OC4CCOC4)nc3)cc2)nc(C)n1. The van der Waals surface area contributed by atoms with Crippen LogP contribution in [0.3, 0.4) is 0 Å². The summed E-state index contributed by atoms with van der Waals surface area (Å²) in [5.41, 5.74) is 1.44. The number of pyridine rings is 1. The molecule has 0 aliphatic carbocycles. The van der Waals surface area contributed by atoms with Crippen LogP contribution in [0.25, 0.3) is 0 Å². The van der Waals surface area contributed by atoms with Crippen LogP contribution in [0.1, 0.15) is 28.3 Å². The Morgan fingerprint density at radius 1 is 1.12 bits per heavy atom. The monoisotopic (exact) mass is 469 g/mol. The maximum Gasteiger partial charge on any atom is 0.263 e. The van der Waals surface area contributed by atoms with E-state index in [-0.39, 0.29) is 22.7 Å². The molecular weight excluding hydrogens is 446 g/mol. The lowest BCUT2D eigenvalue weighted by molar-refractivity contribution is 0.102. The van der Waals surface area contributed by atoms with Gasteiger partial charge in [0.15, 0.2) is 0 Å². The summed E-state index contributed by atoms with van der Waals surface area (Å²) in [6.45, 7) is 4.64. The van der Waals surface area contributed by atoms with Crippen LogP contribution in [0.2, 0.25) is 0 Å². The van der Waals surface area contributed by atoms with Crippen LogP contribution in [0, 0.1) is 13.8 Å². The van der Waals surface area contributed by atoms with Crippen molar-refractivity contribution in [3.8, 4) is 5.88 Å². The molecule has 1 aliphatic heterocycles. The highest BCUT2D eigenvalue weighted by molar-refractivity contribution is 7.92. The molecule has 11 heteroatoms. The number of carbonyl (C=O) groups excluding carboxylic acids is 1. The number of nitrogens with one attached hydrogen (secondary N) is 2. The quantitative estimate of drug-likeness (QED) is 0.540. The number of anilines is 2. The lowest BCUT2D eigenvalue weighted by Gasteiger charge is -2.11. The van der Waals surface area contributed by atoms with E-state index in [9.17, 15) is 13.2 Å². The Morgan fingerprint density at radius 3 is 2.55 bits per heavy atom. The zero-order chi connectivity index (χ0) is 23.4. The van der Waals surface area contributed by atoms with Gasteiger partial charge in [0, 0.05) is 36.1 Å². The molecule has 33 heavy (non-hydrogen) atoms. The maximum atomic E-state index is 12.6. The normalized spacial score (nSPS) is 15.8. The highest BCUT2D eigenvalue weighted by Crippen LogP contribution is 2.19. The van der Waals surface area contributed by atoms with E-state index >= 15 is 0 Å². The van der Waals surface area contributed by atoms with Crippen LogP contribution in [0.4, 0.5) is 11.5 Å². The van der Waals surface area contributed by atoms with Gasteiger partial charge in [-0.05, 0) is 44.2 Å². The molecule has 1 amide bonds. The van der Waals surface area contributed by atoms with E-state index in [0.717, 1.165) is 6.42 Å². The summed E-state index contributed by atoms with van der Waals surface area (Å²) in [6.07, 6.45) is 2.21. The maximum absolute atomic E-state index is 12.6. The van der Waals surface area contributed by atoms with Crippen LogP contribution in [-0.2, 0) is 14.8 Å². The second kappa shape index (κ2) is 9.51. The predicted octanol–water partition coefficient (Wildman–Crippen LogP) is 2.71. The molecule has 0 bridgehead atoms. The molecule has 1 unspecified atom stereocenters. The first-order valence-electron chi connectivity index (χ1n) is 10.3. The summed E-state index contributed by atoms with van der Waals surface area (Å²) in [6, 6.07) is 10.6. The first kappa shape index (κ1) is 22.6. The van der Waals surface area contributed by atoms with Crippen molar-refractivity contribution < 1.29 is 22.7 Å². The van der Waals surface area contributed by atoms with Crippen LogP contribution >= 0.6 is 0 Å². The standard InChI is InChI=1S/C22H23N5O5S/c1-14-11-20(25-15(2)24-14)27-33(29,30)19-6-4-17(5-7-19)26-22(28)16-3-8-21(23-12-16)32-18-9-10-31-13-18/h3-8,11-12,18H,9-10,13H2,1-2H3,(H,26,28)(H,24,25,27). The summed E-state index contributed by atoms with van der Waals surface area (Å²) in [4.78, 5) is 24.9. The largest absolute Gasteiger partial charge is 0.472 e. The molecule has 4 rings (SSSR count). The average molecular weight is 470 g/mol. The molecule has 10 nitrogen and oxygen atoms in total. The van der Waals surface area contributed by atoms with Crippen molar-refractivity contribution in [2.45, 2.75) is 31.3 Å². The fourth-order valence-electron chi connectivity index (χ4n) is 3.25.